The van der Waals surface area contributed by atoms with E-state index in [9.17, 15) is 9.59 Å². The van der Waals surface area contributed by atoms with Gasteiger partial charge in [0, 0.05) is 18.8 Å². The molecule has 0 bridgehead atoms. The monoisotopic (exact) mass is 186 g/mol. The lowest BCUT2D eigenvalue weighted by Crippen LogP contribution is -2.39. The average molecular weight is 186 g/mol. The van der Waals surface area contributed by atoms with Crippen molar-refractivity contribution >= 4 is 11.9 Å². The van der Waals surface area contributed by atoms with Crippen LogP contribution < -0.4 is 10.6 Å². The number of rotatable bonds is 5. The predicted octanol–water partition coefficient (Wildman–Crippen LogP) is -0.301. The summed E-state index contributed by atoms with van der Waals surface area (Å²) in [4.78, 5) is 21.1. The molecule has 0 heterocycles. The van der Waals surface area contributed by atoms with Crippen molar-refractivity contribution in [3.8, 4) is 0 Å². The van der Waals surface area contributed by atoms with Gasteiger partial charge in [-0.3, -0.25) is 4.79 Å². The first-order valence-corrected chi connectivity index (χ1v) is 4.01. The smallest absolute Gasteiger partial charge is 0.329 e. The molecule has 1 amide bonds. The topological polar surface area (TPSA) is 78.4 Å². The Bertz CT molecular complexity index is 213. The third kappa shape index (κ3) is 5.72. The molecule has 0 spiro atoms. The lowest BCUT2D eigenvalue weighted by atomic mass is 10.3. The molecule has 0 aliphatic rings. The molecule has 0 aromatic heterocycles. The average Bonchev–Trinajstić information content (AvgIpc) is 2.04. The van der Waals surface area contributed by atoms with E-state index in [4.69, 9.17) is 5.11 Å². The molecule has 13 heavy (non-hydrogen) atoms. The molecule has 0 aromatic rings. The number of carboxylic acids is 1. The van der Waals surface area contributed by atoms with Crippen molar-refractivity contribution in [1.29, 1.82) is 0 Å². The van der Waals surface area contributed by atoms with Crippen molar-refractivity contribution in [2.75, 3.05) is 6.54 Å². The Hall–Kier alpha value is -1.52. The second-order valence-electron chi connectivity index (χ2n) is 2.45. The molecule has 5 heteroatoms. The molecule has 0 radical (unpaired) electrons. The number of carbonyl (C=O) groups excluding carboxylic acids is 1. The summed E-state index contributed by atoms with van der Waals surface area (Å²) in [7, 11) is 0. The van der Waals surface area contributed by atoms with Crippen LogP contribution in [0.25, 0.3) is 0 Å². The van der Waals surface area contributed by atoms with Crippen LogP contribution in [0.2, 0.25) is 0 Å². The minimum atomic E-state index is -1.05. The molecule has 0 rings (SSSR count). The van der Waals surface area contributed by atoms with E-state index in [1.54, 1.807) is 6.92 Å². The number of hydrogen-bond donors (Lipinski definition) is 3. The van der Waals surface area contributed by atoms with Gasteiger partial charge in [0.05, 0.1) is 0 Å². The van der Waals surface area contributed by atoms with Crippen molar-refractivity contribution in [1.82, 2.24) is 10.6 Å². The van der Waals surface area contributed by atoms with Crippen molar-refractivity contribution in [2.45, 2.75) is 19.9 Å². The van der Waals surface area contributed by atoms with Crippen LogP contribution in [-0.4, -0.2) is 29.6 Å². The number of carboxylic acid groups (broad SMARTS) is 1. The lowest BCUT2D eigenvalue weighted by molar-refractivity contribution is -0.131. The Morgan fingerprint density at radius 2 is 2.15 bits per heavy atom. The van der Waals surface area contributed by atoms with E-state index in [1.807, 2.05) is 6.92 Å². The molecular formula is C8H14N2O3. The second kappa shape index (κ2) is 6.05. The third-order valence-corrected chi connectivity index (χ3v) is 1.32. The summed E-state index contributed by atoms with van der Waals surface area (Å²) in [6.45, 7) is 4.03. The second-order valence-corrected chi connectivity index (χ2v) is 2.45. The molecule has 0 fully saturated rings. The highest BCUT2D eigenvalue weighted by atomic mass is 16.4. The Morgan fingerprint density at radius 1 is 1.54 bits per heavy atom. The molecule has 0 saturated heterocycles. The largest absolute Gasteiger partial charge is 0.478 e. The van der Waals surface area contributed by atoms with Gasteiger partial charge in [-0.2, -0.15) is 0 Å². The van der Waals surface area contributed by atoms with Gasteiger partial charge in [-0.1, -0.05) is 0 Å². The summed E-state index contributed by atoms with van der Waals surface area (Å²) in [5.41, 5.74) is 0. The number of aliphatic carboxylic acids is 1. The van der Waals surface area contributed by atoms with Gasteiger partial charge >= 0.3 is 5.97 Å². The van der Waals surface area contributed by atoms with Crippen LogP contribution in [0, 0.1) is 0 Å². The van der Waals surface area contributed by atoms with Gasteiger partial charge < -0.3 is 15.7 Å². The van der Waals surface area contributed by atoms with Gasteiger partial charge in [0.2, 0.25) is 5.91 Å². The summed E-state index contributed by atoms with van der Waals surface area (Å²) < 4.78 is 0. The van der Waals surface area contributed by atoms with E-state index in [0.29, 0.717) is 6.54 Å². The molecule has 0 aromatic carbocycles. The van der Waals surface area contributed by atoms with Crippen LogP contribution >= 0.6 is 0 Å². The normalized spacial score (nSPS) is 12.5. The molecular weight excluding hydrogens is 172 g/mol. The predicted molar refractivity (Wildman–Crippen MR) is 48.1 cm³/mol. The van der Waals surface area contributed by atoms with Gasteiger partial charge in [-0.05, 0) is 13.8 Å². The van der Waals surface area contributed by atoms with Crippen molar-refractivity contribution < 1.29 is 14.7 Å². The Balaban J connectivity index is 3.79. The Morgan fingerprint density at radius 3 is 2.62 bits per heavy atom. The molecule has 3 N–H and O–H groups in total. The van der Waals surface area contributed by atoms with Gasteiger partial charge in [0.1, 0.15) is 6.04 Å². The van der Waals surface area contributed by atoms with Crippen molar-refractivity contribution in [2.24, 2.45) is 0 Å². The fourth-order valence-corrected chi connectivity index (χ4v) is 0.667. The van der Waals surface area contributed by atoms with Gasteiger partial charge in [0.25, 0.3) is 0 Å². The maximum Gasteiger partial charge on any atom is 0.329 e. The SMILES string of the molecule is CCNC(=O)C(C)N/C=C/C(=O)O. The van der Waals surface area contributed by atoms with E-state index in [1.165, 1.54) is 6.20 Å². The van der Waals surface area contributed by atoms with Crippen molar-refractivity contribution in [3.63, 3.8) is 0 Å². The quantitative estimate of drug-likeness (QED) is 0.515. The fourth-order valence-electron chi connectivity index (χ4n) is 0.667. The van der Waals surface area contributed by atoms with E-state index < -0.39 is 12.0 Å². The molecule has 0 aliphatic carbocycles. The molecule has 1 unspecified atom stereocenters. The zero-order valence-electron chi connectivity index (χ0n) is 7.70. The maximum absolute atomic E-state index is 11.1. The highest BCUT2D eigenvalue weighted by molar-refractivity contribution is 5.82. The van der Waals surface area contributed by atoms with E-state index in [2.05, 4.69) is 10.6 Å². The number of carbonyl (C=O) groups is 2. The fraction of sp³-hybridized carbons (Fsp3) is 0.500. The highest BCUT2D eigenvalue weighted by Crippen LogP contribution is 1.81. The van der Waals surface area contributed by atoms with Crippen LogP contribution in [-0.2, 0) is 9.59 Å². The van der Waals surface area contributed by atoms with E-state index in [-0.39, 0.29) is 5.91 Å². The van der Waals surface area contributed by atoms with Gasteiger partial charge in [-0.15, -0.1) is 0 Å². The summed E-state index contributed by atoms with van der Waals surface area (Å²) in [6, 6.07) is -0.421. The van der Waals surface area contributed by atoms with Crippen LogP contribution in [0.15, 0.2) is 12.3 Å². The van der Waals surface area contributed by atoms with Gasteiger partial charge in [0.15, 0.2) is 0 Å². The number of nitrogens with one attached hydrogen (secondary N) is 2. The minimum Gasteiger partial charge on any atom is -0.478 e. The lowest BCUT2D eigenvalue weighted by Gasteiger charge is -2.10. The van der Waals surface area contributed by atoms with Crippen LogP contribution in [0.3, 0.4) is 0 Å². The Labute approximate surface area is 76.8 Å². The number of hydrogen-bond acceptors (Lipinski definition) is 3. The summed E-state index contributed by atoms with van der Waals surface area (Å²) >= 11 is 0. The third-order valence-electron chi connectivity index (χ3n) is 1.32. The van der Waals surface area contributed by atoms with Crippen molar-refractivity contribution in [3.05, 3.63) is 12.3 Å². The first-order valence-electron chi connectivity index (χ1n) is 4.01. The number of amides is 1. The molecule has 74 valence electrons. The van der Waals surface area contributed by atoms with E-state index >= 15 is 0 Å². The summed E-state index contributed by atoms with van der Waals surface area (Å²) in [6.07, 6.45) is 2.18. The maximum atomic E-state index is 11.1. The van der Waals surface area contributed by atoms with Gasteiger partial charge in [-0.25, -0.2) is 4.79 Å². The molecule has 0 saturated carbocycles. The Kier molecular flexibility index (Phi) is 5.34. The highest BCUT2D eigenvalue weighted by Gasteiger charge is 2.07. The van der Waals surface area contributed by atoms with E-state index in [0.717, 1.165) is 6.08 Å². The minimum absolute atomic E-state index is 0.155. The summed E-state index contributed by atoms with van der Waals surface area (Å²) in [5, 5.41) is 13.5. The standard InChI is InChI=1S/C8H14N2O3/c1-3-9-8(13)6(2)10-5-4-7(11)12/h4-6,10H,3H2,1-2H3,(H,9,13)(H,11,12)/b5-4+. The summed E-state index contributed by atoms with van der Waals surface area (Å²) in [5.74, 6) is -1.20. The zero-order chi connectivity index (χ0) is 10.3. The van der Waals surface area contributed by atoms with Crippen LogP contribution in [0.5, 0.6) is 0 Å². The van der Waals surface area contributed by atoms with Crippen LogP contribution in [0.4, 0.5) is 0 Å². The zero-order valence-corrected chi connectivity index (χ0v) is 7.70. The first kappa shape index (κ1) is 11.5. The number of likely N-dealkylation sites (N-methyl/N-ethyl adjacent to an activating group) is 1. The molecule has 5 nitrogen and oxygen atoms in total. The first-order chi connectivity index (χ1) is 6.07. The van der Waals surface area contributed by atoms with Crippen LogP contribution in [0.1, 0.15) is 13.8 Å². The molecule has 1 atom stereocenters. The molecule has 0 aliphatic heterocycles.